The van der Waals surface area contributed by atoms with E-state index in [1.165, 1.54) is 11.9 Å². The van der Waals surface area contributed by atoms with Crippen molar-refractivity contribution in [2.75, 3.05) is 24.5 Å². The number of nitrogens with one attached hydrogen (secondary N) is 1. The number of hydrogen-bond donors (Lipinski definition) is 1. The van der Waals surface area contributed by atoms with E-state index in [0.29, 0.717) is 18.8 Å². The largest absolute Gasteiger partial charge is 0.355 e. The van der Waals surface area contributed by atoms with E-state index in [1.54, 1.807) is 0 Å². The van der Waals surface area contributed by atoms with Crippen LogP contribution >= 0.6 is 0 Å². The topological polar surface area (TPSA) is 84.2 Å². The van der Waals surface area contributed by atoms with Gasteiger partial charge in [-0.15, -0.1) is 0 Å². The summed E-state index contributed by atoms with van der Waals surface area (Å²) < 4.78 is 5.24. The second-order valence-electron chi connectivity index (χ2n) is 6.96. The van der Waals surface area contributed by atoms with Crippen LogP contribution in [0.25, 0.3) is 11.1 Å². The summed E-state index contributed by atoms with van der Waals surface area (Å²) in [4.78, 5) is 23.4. The monoisotopic (exact) mass is 365 g/mol. The standard InChI is InChI=1S/C20H23N5O2/c1-14-17-18(22-13-23-20(17)27-24-14)25-11-5-8-16(12-25)19(26)21-10-9-15-6-3-2-4-7-15/h2-4,6-7,13,16H,5,8-12H2,1H3,(H,21,26)/t16-/m1/s1. The van der Waals surface area contributed by atoms with Gasteiger partial charge < -0.3 is 14.7 Å². The zero-order valence-electron chi connectivity index (χ0n) is 15.4. The molecule has 3 aromatic rings. The molecule has 27 heavy (non-hydrogen) atoms. The zero-order valence-corrected chi connectivity index (χ0v) is 15.4. The first kappa shape index (κ1) is 17.5. The van der Waals surface area contributed by atoms with E-state index in [1.807, 2.05) is 25.1 Å². The third-order valence-corrected chi connectivity index (χ3v) is 5.07. The van der Waals surface area contributed by atoms with Gasteiger partial charge in [0.05, 0.1) is 11.6 Å². The maximum atomic E-state index is 12.6. The van der Waals surface area contributed by atoms with Gasteiger partial charge in [-0.2, -0.15) is 4.98 Å². The van der Waals surface area contributed by atoms with Gasteiger partial charge in [0.25, 0.3) is 5.71 Å². The van der Waals surface area contributed by atoms with Crippen molar-refractivity contribution in [3.8, 4) is 0 Å². The van der Waals surface area contributed by atoms with Crippen LogP contribution in [0.2, 0.25) is 0 Å². The molecule has 0 bridgehead atoms. The predicted octanol–water partition coefficient (Wildman–Crippen LogP) is 2.50. The average Bonchev–Trinajstić information content (AvgIpc) is 3.10. The number of anilines is 1. The summed E-state index contributed by atoms with van der Waals surface area (Å²) in [5.41, 5.74) is 2.50. The molecule has 1 aromatic carbocycles. The molecular weight excluding hydrogens is 342 g/mol. The van der Waals surface area contributed by atoms with Crippen molar-refractivity contribution < 1.29 is 9.32 Å². The Hall–Kier alpha value is -2.96. The Labute approximate surface area is 157 Å². The molecule has 2 aromatic heterocycles. The first-order chi connectivity index (χ1) is 13.2. The number of hydrogen-bond acceptors (Lipinski definition) is 6. The Kier molecular flexibility index (Phi) is 5.00. The number of aromatic nitrogens is 3. The molecule has 0 unspecified atom stereocenters. The highest BCUT2D eigenvalue weighted by Crippen LogP contribution is 2.29. The normalized spacial score (nSPS) is 17.2. The Bertz CT molecular complexity index is 925. The molecule has 4 rings (SSSR count). The van der Waals surface area contributed by atoms with E-state index in [0.717, 1.165) is 42.7 Å². The van der Waals surface area contributed by atoms with Crippen LogP contribution in [0.5, 0.6) is 0 Å². The van der Waals surface area contributed by atoms with E-state index in [9.17, 15) is 4.79 Å². The highest BCUT2D eigenvalue weighted by atomic mass is 16.5. The van der Waals surface area contributed by atoms with Crippen molar-refractivity contribution in [2.24, 2.45) is 5.92 Å². The van der Waals surface area contributed by atoms with Crippen LogP contribution in [0.3, 0.4) is 0 Å². The maximum absolute atomic E-state index is 12.6. The SMILES string of the molecule is Cc1noc2ncnc(N3CCC[C@@H](C(=O)NCCc4ccccc4)C3)c12. The molecule has 1 saturated heterocycles. The minimum absolute atomic E-state index is 0.0419. The number of benzene rings is 1. The number of carbonyl (C=O) groups is 1. The van der Waals surface area contributed by atoms with Crippen LogP contribution in [0, 0.1) is 12.8 Å². The Morgan fingerprint density at radius 3 is 3.00 bits per heavy atom. The van der Waals surface area contributed by atoms with Gasteiger partial charge in [0.1, 0.15) is 17.5 Å². The second-order valence-corrected chi connectivity index (χ2v) is 6.96. The van der Waals surface area contributed by atoms with Gasteiger partial charge in [0.2, 0.25) is 5.91 Å². The average molecular weight is 365 g/mol. The third kappa shape index (κ3) is 3.77. The van der Waals surface area contributed by atoms with Gasteiger partial charge >= 0.3 is 0 Å². The number of amides is 1. The molecule has 7 heteroatoms. The summed E-state index contributed by atoms with van der Waals surface area (Å²) in [5.74, 6) is 0.878. The van der Waals surface area contributed by atoms with Crippen molar-refractivity contribution in [3.63, 3.8) is 0 Å². The Morgan fingerprint density at radius 1 is 1.30 bits per heavy atom. The molecule has 0 radical (unpaired) electrons. The molecule has 0 spiro atoms. The number of piperidine rings is 1. The molecule has 1 fully saturated rings. The van der Waals surface area contributed by atoms with Crippen molar-refractivity contribution in [1.82, 2.24) is 20.4 Å². The highest BCUT2D eigenvalue weighted by Gasteiger charge is 2.28. The molecular formula is C20H23N5O2. The van der Waals surface area contributed by atoms with Crippen LogP contribution in [-0.4, -0.2) is 40.7 Å². The second kappa shape index (κ2) is 7.73. The van der Waals surface area contributed by atoms with E-state index in [2.05, 4.69) is 37.5 Å². The fourth-order valence-electron chi connectivity index (χ4n) is 3.65. The van der Waals surface area contributed by atoms with Gasteiger partial charge in [0.15, 0.2) is 0 Å². The van der Waals surface area contributed by atoms with Gasteiger partial charge in [0, 0.05) is 19.6 Å². The zero-order chi connectivity index (χ0) is 18.6. The van der Waals surface area contributed by atoms with Crippen LogP contribution in [0.4, 0.5) is 5.82 Å². The lowest BCUT2D eigenvalue weighted by molar-refractivity contribution is -0.125. The molecule has 3 heterocycles. The minimum atomic E-state index is -0.0419. The molecule has 0 aliphatic carbocycles. The van der Waals surface area contributed by atoms with Crippen molar-refractivity contribution in [2.45, 2.75) is 26.2 Å². The fourth-order valence-corrected chi connectivity index (χ4v) is 3.65. The molecule has 1 N–H and O–H groups in total. The number of carbonyl (C=O) groups excluding carboxylic acids is 1. The molecule has 1 amide bonds. The Morgan fingerprint density at radius 2 is 2.15 bits per heavy atom. The number of aryl methyl sites for hydroxylation is 1. The first-order valence-corrected chi connectivity index (χ1v) is 9.36. The summed E-state index contributed by atoms with van der Waals surface area (Å²) in [7, 11) is 0. The molecule has 140 valence electrons. The number of fused-ring (bicyclic) bond motifs is 1. The van der Waals surface area contributed by atoms with Gasteiger partial charge in [-0.25, -0.2) is 4.98 Å². The first-order valence-electron chi connectivity index (χ1n) is 9.36. The minimum Gasteiger partial charge on any atom is -0.355 e. The Balaban J connectivity index is 1.40. The van der Waals surface area contributed by atoms with Crippen molar-refractivity contribution in [1.29, 1.82) is 0 Å². The summed E-state index contributed by atoms with van der Waals surface area (Å²) >= 11 is 0. The highest BCUT2D eigenvalue weighted by molar-refractivity contribution is 5.88. The summed E-state index contributed by atoms with van der Waals surface area (Å²) in [5, 5.41) is 7.91. The van der Waals surface area contributed by atoms with Gasteiger partial charge in [-0.05, 0) is 31.7 Å². The smallest absolute Gasteiger partial charge is 0.263 e. The molecule has 1 aliphatic rings. The van der Waals surface area contributed by atoms with Crippen LogP contribution in [-0.2, 0) is 11.2 Å². The summed E-state index contributed by atoms with van der Waals surface area (Å²) in [6, 6.07) is 10.2. The molecule has 1 atom stereocenters. The van der Waals surface area contributed by atoms with E-state index in [-0.39, 0.29) is 11.8 Å². The lowest BCUT2D eigenvalue weighted by Gasteiger charge is -2.33. The molecule has 0 saturated carbocycles. The maximum Gasteiger partial charge on any atom is 0.263 e. The fraction of sp³-hybridized carbons (Fsp3) is 0.400. The van der Waals surface area contributed by atoms with Crippen molar-refractivity contribution in [3.05, 3.63) is 47.9 Å². The van der Waals surface area contributed by atoms with E-state index < -0.39 is 0 Å². The molecule has 7 nitrogen and oxygen atoms in total. The predicted molar refractivity (Wildman–Crippen MR) is 102 cm³/mol. The van der Waals surface area contributed by atoms with Gasteiger partial charge in [-0.3, -0.25) is 4.79 Å². The van der Waals surface area contributed by atoms with Gasteiger partial charge in [-0.1, -0.05) is 35.5 Å². The van der Waals surface area contributed by atoms with Crippen molar-refractivity contribution >= 4 is 22.8 Å². The number of rotatable bonds is 5. The van der Waals surface area contributed by atoms with Crippen LogP contribution in [0.1, 0.15) is 24.1 Å². The van der Waals surface area contributed by atoms with Crippen LogP contribution in [0.15, 0.2) is 41.2 Å². The quantitative estimate of drug-likeness (QED) is 0.748. The number of nitrogens with zero attached hydrogens (tertiary/aromatic N) is 4. The van der Waals surface area contributed by atoms with E-state index >= 15 is 0 Å². The summed E-state index contributed by atoms with van der Waals surface area (Å²) in [6.45, 7) is 4.05. The lowest BCUT2D eigenvalue weighted by atomic mass is 9.96. The summed E-state index contributed by atoms with van der Waals surface area (Å²) in [6.07, 6.45) is 4.18. The molecule has 1 aliphatic heterocycles. The third-order valence-electron chi connectivity index (χ3n) is 5.07. The van der Waals surface area contributed by atoms with Crippen LogP contribution < -0.4 is 10.2 Å². The lowest BCUT2D eigenvalue weighted by Crippen LogP contribution is -2.43. The van der Waals surface area contributed by atoms with E-state index in [4.69, 9.17) is 4.52 Å².